The summed E-state index contributed by atoms with van der Waals surface area (Å²) < 4.78 is 0. The van der Waals surface area contributed by atoms with Crippen molar-refractivity contribution in [1.82, 2.24) is 0 Å². The molecule has 0 heterocycles. The Balaban J connectivity index is 0. The molecule has 0 aromatic heterocycles. The van der Waals surface area contributed by atoms with Crippen LogP contribution in [0.4, 0.5) is 0 Å². The third-order valence-electron chi connectivity index (χ3n) is 4.49. The summed E-state index contributed by atoms with van der Waals surface area (Å²) in [5.74, 6) is 0. The van der Waals surface area contributed by atoms with E-state index in [0.29, 0.717) is 0 Å². The zero-order valence-corrected chi connectivity index (χ0v) is 22.9. The Labute approximate surface area is 210 Å². The normalized spacial score (nSPS) is 9.72. The van der Waals surface area contributed by atoms with Crippen LogP contribution in [0.25, 0.3) is 21.9 Å². The quantitative estimate of drug-likeness (QED) is 0.288. The molecule has 29 heavy (non-hydrogen) atoms. The van der Waals surface area contributed by atoms with Crippen molar-refractivity contribution < 1.29 is 55.8 Å². The summed E-state index contributed by atoms with van der Waals surface area (Å²) >= 11 is 0. The average molecular weight is 527 g/mol. The summed E-state index contributed by atoms with van der Waals surface area (Å²) in [5.41, 5.74) is 5.48. The summed E-state index contributed by atoms with van der Waals surface area (Å²) in [5, 5.41) is 2.78. The summed E-state index contributed by atoms with van der Waals surface area (Å²) in [6, 6.07) is 20.3. The van der Waals surface area contributed by atoms with Crippen LogP contribution in [0.5, 0.6) is 0 Å². The number of hydrogen-bond donors (Lipinski definition) is 1. The van der Waals surface area contributed by atoms with Crippen LogP contribution < -0.4 is 24.8 Å². The monoisotopic (exact) mass is 524 g/mol. The number of hydrogen-bond acceptors (Lipinski definition) is 1. The van der Waals surface area contributed by atoms with Crippen LogP contribution in [-0.4, -0.2) is 13.8 Å². The van der Waals surface area contributed by atoms with Crippen LogP contribution in [0.2, 0.25) is 13.1 Å². The topological polar surface area (TPSA) is 20.2 Å². The van der Waals surface area contributed by atoms with E-state index in [1.54, 1.807) is 0 Å². The molecule has 0 bridgehead atoms. The maximum Gasteiger partial charge on any atom is 3.00 e. The first-order valence-electron chi connectivity index (χ1n) is 9.75. The standard InChI is InChI=1S/C22H25.C2H7OSi.2ClH.Zr/c1-3-4-5-6-8-18-15-20-9-7-10-21(22(20)16-18)19-13-11-17(2)12-14-19;1-4(2)3;;;/h7,9-16H,3-6,8H2,1-2H3;3H,1-2H3;2*1H;/q-1;;;;+3/p-2. The van der Waals surface area contributed by atoms with Gasteiger partial charge in [0.05, 0.1) is 0 Å². The van der Waals surface area contributed by atoms with E-state index in [9.17, 15) is 0 Å². The van der Waals surface area contributed by atoms with Crippen LogP contribution in [0, 0.1) is 6.92 Å². The number of aryl methyl sites for hydroxylation is 2. The molecule has 0 atom stereocenters. The van der Waals surface area contributed by atoms with Crippen LogP contribution in [0.1, 0.15) is 43.7 Å². The van der Waals surface area contributed by atoms with Gasteiger partial charge < -0.3 is 29.6 Å². The van der Waals surface area contributed by atoms with E-state index in [2.05, 4.69) is 68.4 Å². The first kappa shape index (κ1) is 30.9. The largest absolute Gasteiger partial charge is 3.00 e. The Bertz CT molecular complexity index is 797. The third kappa shape index (κ3) is 10.5. The molecule has 0 aliphatic rings. The third-order valence-corrected chi connectivity index (χ3v) is 4.49. The summed E-state index contributed by atoms with van der Waals surface area (Å²) in [6.45, 7) is 8.06. The predicted octanol–water partition coefficient (Wildman–Crippen LogP) is 0.892. The van der Waals surface area contributed by atoms with E-state index in [0.717, 1.165) is 0 Å². The summed E-state index contributed by atoms with van der Waals surface area (Å²) in [4.78, 5) is 8.16. The van der Waals surface area contributed by atoms with E-state index in [1.807, 2.05) is 13.1 Å². The second-order valence-corrected chi connectivity index (χ2v) is 9.19. The molecule has 2 radical (unpaired) electrons. The molecule has 1 nitrogen and oxygen atoms in total. The first-order valence-corrected chi connectivity index (χ1v) is 12.2. The van der Waals surface area contributed by atoms with Gasteiger partial charge in [0.2, 0.25) is 0 Å². The molecular formula is C24H32Cl2OSiZr. The molecule has 0 saturated heterocycles. The molecule has 3 aromatic carbocycles. The van der Waals surface area contributed by atoms with Gasteiger partial charge in [-0.3, -0.25) is 0 Å². The van der Waals surface area contributed by atoms with E-state index >= 15 is 0 Å². The number of benzene rings is 2. The van der Waals surface area contributed by atoms with Crippen molar-refractivity contribution in [3.05, 3.63) is 65.7 Å². The van der Waals surface area contributed by atoms with Gasteiger partial charge in [0.25, 0.3) is 0 Å². The van der Waals surface area contributed by atoms with Crippen LogP contribution >= 0.6 is 0 Å². The second kappa shape index (κ2) is 16.4. The van der Waals surface area contributed by atoms with E-state index in [1.165, 1.54) is 65.1 Å². The number of unbranched alkanes of at least 4 members (excludes halogenated alkanes) is 3. The summed E-state index contributed by atoms with van der Waals surface area (Å²) in [7, 11) is -0.880. The minimum Gasteiger partial charge on any atom is -1.00 e. The fourth-order valence-electron chi connectivity index (χ4n) is 3.18. The number of rotatable bonds is 6. The molecule has 0 aliphatic heterocycles. The smallest absolute Gasteiger partial charge is 1.00 e. The molecule has 156 valence electrons. The summed E-state index contributed by atoms with van der Waals surface area (Å²) in [6.07, 6.45) is 6.53. The van der Waals surface area contributed by atoms with E-state index < -0.39 is 9.04 Å². The van der Waals surface area contributed by atoms with Gasteiger partial charge in [0.1, 0.15) is 0 Å². The van der Waals surface area contributed by atoms with Crippen molar-refractivity contribution in [2.24, 2.45) is 0 Å². The van der Waals surface area contributed by atoms with Gasteiger partial charge in [-0.2, -0.15) is 6.07 Å². The molecule has 0 unspecified atom stereocenters. The van der Waals surface area contributed by atoms with E-state index in [-0.39, 0.29) is 51.0 Å². The first-order chi connectivity index (χ1) is 12.5. The Kier molecular flexibility index (Phi) is 17.5. The number of fused-ring (bicyclic) bond motifs is 1. The van der Waals surface area contributed by atoms with Crippen LogP contribution in [0.15, 0.2) is 54.6 Å². The van der Waals surface area contributed by atoms with Crippen molar-refractivity contribution in [2.45, 2.75) is 59.0 Å². The predicted molar refractivity (Wildman–Crippen MR) is 117 cm³/mol. The molecule has 0 spiro atoms. The van der Waals surface area contributed by atoms with Gasteiger partial charge in [-0.1, -0.05) is 74.1 Å². The minimum atomic E-state index is -0.880. The van der Waals surface area contributed by atoms with E-state index in [4.69, 9.17) is 4.80 Å². The van der Waals surface area contributed by atoms with Gasteiger partial charge in [0.15, 0.2) is 9.04 Å². The molecule has 0 amide bonds. The van der Waals surface area contributed by atoms with Crippen LogP contribution in [0.3, 0.4) is 0 Å². The van der Waals surface area contributed by atoms with Crippen molar-refractivity contribution in [1.29, 1.82) is 0 Å². The minimum absolute atomic E-state index is 0. The zero-order valence-electron chi connectivity index (χ0n) is 17.9. The van der Waals surface area contributed by atoms with Gasteiger partial charge in [-0.25, -0.2) is 0 Å². The SMILES string of the molecule is CCCCCCc1cc2c(-c3ccc(C)cc3)cccc2[cH-]1.C[Si](C)O.[Cl-].[Cl-].[Zr+3]. The Morgan fingerprint density at radius 1 is 0.931 bits per heavy atom. The molecule has 3 aromatic rings. The molecule has 3 rings (SSSR count). The van der Waals surface area contributed by atoms with Gasteiger partial charge >= 0.3 is 26.2 Å². The zero-order chi connectivity index (χ0) is 18.9. The Morgan fingerprint density at radius 3 is 2.14 bits per heavy atom. The fourth-order valence-corrected chi connectivity index (χ4v) is 3.18. The molecule has 0 fully saturated rings. The number of halogens is 2. The molecule has 0 saturated carbocycles. The van der Waals surface area contributed by atoms with Crippen molar-refractivity contribution >= 4 is 19.8 Å². The Hall–Kier alpha value is -0.310. The fraction of sp³-hybridized carbons (Fsp3) is 0.375. The molecule has 5 heteroatoms. The van der Waals surface area contributed by atoms with Crippen molar-refractivity contribution in [3.8, 4) is 11.1 Å². The van der Waals surface area contributed by atoms with Gasteiger partial charge in [0, 0.05) is 0 Å². The Morgan fingerprint density at radius 2 is 1.55 bits per heavy atom. The maximum absolute atomic E-state index is 8.16. The molecule has 1 N–H and O–H groups in total. The van der Waals surface area contributed by atoms with Crippen molar-refractivity contribution in [2.75, 3.05) is 0 Å². The molecular weight excluding hydrogens is 494 g/mol. The van der Waals surface area contributed by atoms with Crippen LogP contribution in [-0.2, 0) is 32.6 Å². The second-order valence-electron chi connectivity index (χ2n) is 7.30. The molecule has 0 aliphatic carbocycles. The van der Waals surface area contributed by atoms with Gasteiger partial charge in [-0.15, -0.1) is 34.5 Å². The van der Waals surface area contributed by atoms with Crippen molar-refractivity contribution in [3.63, 3.8) is 0 Å². The van der Waals surface area contributed by atoms with Gasteiger partial charge in [-0.05, 0) is 32.0 Å². The maximum atomic E-state index is 8.16. The average Bonchev–Trinajstić information content (AvgIpc) is 3.02.